The average molecular weight is 167 g/mol. The van der Waals surface area contributed by atoms with Gasteiger partial charge in [-0.2, -0.15) is 0 Å². The second-order valence-corrected chi connectivity index (χ2v) is 2.89. The van der Waals surface area contributed by atoms with E-state index in [0.717, 1.165) is 5.95 Å². The van der Waals surface area contributed by atoms with Crippen LogP contribution in [0.2, 0.25) is 0 Å². The van der Waals surface area contributed by atoms with Crippen LogP contribution in [0.4, 0.5) is 5.95 Å². The van der Waals surface area contributed by atoms with Crippen LogP contribution in [-0.4, -0.2) is 11.6 Å². The molecule has 0 aliphatic carbocycles. The van der Waals surface area contributed by atoms with E-state index in [0.29, 0.717) is 0 Å². The van der Waals surface area contributed by atoms with E-state index < -0.39 is 0 Å². The normalized spacial score (nSPS) is 11.4. The third-order valence-corrected chi connectivity index (χ3v) is 2.32. The molecule has 0 N–H and O–H groups in total. The fourth-order valence-electron chi connectivity index (χ4n) is 1.23. The summed E-state index contributed by atoms with van der Waals surface area (Å²) in [5.74, 6) is 0.882. The molecule has 0 bridgehead atoms. The molecule has 1 rings (SSSR count). The van der Waals surface area contributed by atoms with Gasteiger partial charge in [0.2, 0.25) is 0 Å². The van der Waals surface area contributed by atoms with Gasteiger partial charge in [0.15, 0.2) is 0 Å². The Morgan fingerprint density at radius 2 is 1.92 bits per heavy atom. The van der Waals surface area contributed by atoms with E-state index in [9.17, 15) is 0 Å². The van der Waals surface area contributed by atoms with Gasteiger partial charge >= 0.3 is 5.95 Å². The molecular weight excluding hydrogens is 152 g/mol. The molecule has 12 heavy (non-hydrogen) atoms. The van der Waals surface area contributed by atoms with Crippen LogP contribution in [-0.2, 0) is 14.1 Å². The summed E-state index contributed by atoms with van der Waals surface area (Å²) < 4.78 is 4.06. The topological polar surface area (TPSA) is 33.5 Å². The second kappa shape index (κ2) is 3.05. The molecule has 4 nitrogen and oxygen atoms in total. The number of hydrogen-bond acceptors (Lipinski definition) is 2. The maximum Gasteiger partial charge on any atom is 0.421 e. The van der Waals surface area contributed by atoms with Crippen molar-refractivity contribution >= 4 is 5.95 Å². The van der Waals surface area contributed by atoms with Crippen LogP contribution in [0.5, 0.6) is 0 Å². The molecule has 0 unspecified atom stereocenters. The van der Waals surface area contributed by atoms with Crippen LogP contribution in [0.25, 0.3) is 0 Å². The van der Waals surface area contributed by atoms with E-state index in [4.69, 9.17) is 0 Å². The van der Waals surface area contributed by atoms with Gasteiger partial charge in [0.25, 0.3) is 0 Å². The van der Waals surface area contributed by atoms with E-state index >= 15 is 0 Å². The van der Waals surface area contributed by atoms with Gasteiger partial charge in [0.1, 0.15) is 11.4 Å². The molecule has 0 fully saturated rings. The minimum absolute atomic E-state index is 0.882. The monoisotopic (exact) mass is 167 g/mol. The van der Waals surface area contributed by atoms with Crippen molar-refractivity contribution in [1.29, 1.82) is 0 Å². The van der Waals surface area contributed by atoms with Gasteiger partial charge in [0, 0.05) is 5.11 Å². The fraction of sp³-hybridized carbons (Fsp3) is 0.625. The Hall–Kier alpha value is -1.19. The van der Waals surface area contributed by atoms with Gasteiger partial charge in [0.05, 0.1) is 21.1 Å². The molecular formula is C8H15N4+. The molecule has 0 aromatic carbocycles. The quantitative estimate of drug-likeness (QED) is 0.444. The molecule has 1 aromatic heterocycles. The summed E-state index contributed by atoms with van der Waals surface area (Å²) in [4.78, 5) is 0. The fourth-order valence-corrected chi connectivity index (χ4v) is 1.23. The summed E-state index contributed by atoms with van der Waals surface area (Å²) in [6.45, 7) is 4.15. The van der Waals surface area contributed by atoms with Crippen LogP contribution in [0, 0.1) is 13.8 Å². The van der Waals surface area contributed by atoms with Crippen molar-refractivity contribution in [3.63, 3.8) is 0 Å². The zero-order chi connectivity index (χ0) is 9.30. The highest BCUT2D eigenvalue weighted by Gasteiger charge is 2.18. The Bertz CT molecular complexity index is 297. The highest BCUT2D eigenvalue weighted by atomic mass is 15.3. The van der Waals surface area contributed by atoms with Crippen LogP contribution < -0.4 is 4.57 Å². The third-order valence-electron chi connectivity index (χ3n) is 2.32. The maximum atomic E-state index is 4.04. The Labute approximate surface area is 72.6 Å². The van der Waals surface area contributed by atoms with Crippen molar-refractivity contribution in [1.82, 2.24) is 4.57 Å². The highest BCUT2D eigenvalue weighted by Crippen LogP contribution is 2.12. The van der Waals surface area contributed by atoms with E-state index in [1.807, 2.05) is 23.2 Å². The van der Waals surface area contributed by atoms with E-state index in [1.54, 1.807) is 7.05 Å². The van der Waals surface area contributed by atoms with Crippen molar-refractivity contribution in [2.45, 2.75) is 13.8 Å². The lowest BCUT2D eigenvalue weighted by Gasteiger charge is -1.87. The molecule has 0 atom stereocenters. The lowest BCUT2D eigenvalue weighted by atomic mass is 10.4. The molecule has 0 radical (unpaired) electrons. The third kappa shape index (κ3) is 1.13. The smallest absolute Gasteiger partial charge is 0.231 e. The van der Waals surface area contributed by atoms with Crippen molar-refractivity contribution in [3.8, 4) is 0 Å². The Morgan fingerprint density at radius 1 is 1.33 bits per heavy atom. The Kier molecular flexibility index (Phi) is 2.26. The summed E-state index contributed by atoms with van der Waals surface area (Å²) in [5, 5.41) is 7.80. The summed E-state index contributed by atoms with van der Waals surface area (Å²) in [6, 6.07) is 0. The summed E-state index contributed by atoms with van der Waals surface area (Å²) in [5.41, 5.74) is 2.44. The SMILES string of the molecule is CN=Nc1n(C)c(C)c(C)[n+]1C. The molecule has 0 saturated carbocycles. The molecule has 1 heterocycles. The van der Waals surface area contributed by atoms with Gasteiger partial charge in [-0.3, -0.25) is 0 Å². The van der Waals surface area contributed by atoms with Crippen LogP contribution in [0.3, 0.4) is 0 Å². The number of nitrogens with zero attached hydrogens (tertiary/aromatic N) is 4. The van der Waals surface area contributed by atoms with Crippen molar-refractivity contribution in [3.05, 3.63) is 11.4 Å². The van der Waals surface area contributed by atoms with Gasteiger partial charge in [-0.25, -0.2) is 9.13 Å². The maximum absolute atomic E-state index is 4.04. The predicted octanol–water partition coefficient (Wildman–Crippen LogP) is 1.18. The number of azo groups is 1. The second-order valence-electron chi connectivity index (χ2n) is 2.89. The lowest BCUT2D eigenvalue weighted by molar-refractivity contribution is -0.664. The first-order valence-electron chi connectivity index (χ1n) is 3.91. The van der Waals surface area contributed by atoms with Crippen LogP contribution in [0.15, 0.2) is 10.2 Å². The number of imidazole rings is 1. The van der Waals surface area contributed by atoms with E-state index in [1.165, 1.54) is 11.4 Å². The molecule has 0 aliphatic rings. The van der Waals surface area contributed by atoms with Crippen molar-refractivity contribution in [2.75, 3.05) is 7.05 Å². The summed E-state index contributed by atoms with van der Waals surface area (Å²) in [7, 11) is 5.66. The molecule has 0 aliphatic heterocycles. The first-order chi connectivity index (χ1) is 5.59. The van der Waals surface area contributed by atoms with Gasteiger partial charge in [-0.15, -0.1) is 5.11 Å². The van der Waals surface area contributed by atoms with E-state index in [-0.39, 0.29) is 0 Å². The Morgan fingerprint density at radius 3 is 2.25 bits per heavy atom. The number of rotatable bonds is 1. The lowest BCUT2D eigenvalue weighted by Crippen LogP contribution is -2.29. The first kappa shape index (κ1) is 8.90. The largest absolute Gasteiger partial charge is 0.421 e. The van der Waals surface area contributed by atoms with Crippen LogP contribution in [0.1, 0.15) is 11.4 Å². The van der Waals surface area contributed by atoms with Gasteiger partial charge in [-0.1, -0.05) is 0 Å². The standard InChI is InChI=1S/C8H15N4/c1-6-7(2)12(5)8(10-9-3)11(6)4/h1-5H3/q+1. The first-order valence-corrected chi connectivity index (χ1v) is 3.91. The zero-order valence-corrected chi connectivity index (χ0v) is 8.29. The number of aromatic nitrogens is 2. The van der Waals surface area contributed by atoms with Gasteiger partial charge < -0.3 is 0 Å². The highest BCUT2D eigenvalue weighted by molar-refractivity contribution is 5.17. The Balaban J connectivity index is 3.37. The van der Waals surface area contributed by atoms with Crippen molar-refractivity contribution < 1.29 is 4.57 Å². The van der Waals surface area contributed by atoms with Gasteiger partial charge in [-0.05, 0) is 13.8 Å². The summed E-state index contributed by atoms with van der Waals surface area (Å²) in [6.07, 6.45) is 0. The molecule has 4 heteroatoms. The van der Waals surface area contributed by atoms with Crippen molar-refractivity contribution in [2.24, 2.45) is 24.3 Å². The number of hydrogen-bond donors (Lipinski definition) is 0. The average Bonchev–Trinajstić information content (AvgIpc) is 2.23. The molecule has 0 saturated heterocycles. The zero-order valence-electron chi connectivity index (χ0n) is 8.29. The molecule has 0 amide bonds. The summed E-state index contributed by atoms with van der Waals surface area (Å²) >= 11 is 0. The van der Waals surface area contributed by atoms with Crippen LogP contribution >= 0.6 is 0 Å². The molecule has 1 aromatic rings. The minimum Gasteiger partial charge on any atom is -0.231 e. The molecule has 66 valence electrons. The predicted molar refractivity (Wildman–Crippen MR) is 46.5 cm³/mol. The minimum atomic E-state index is 0.882. The van der Waals surface area contributed by atoms with E-state index in [2.05, 4.69) is 24.1 Å². The molecule has 0 spiro atoms.